The third-order valence-electron chi connectivity index (χ3n) is 3.46. The fourth-order valence-electron chi connectivity index (χ4n) is 2.29. The van der Waals surface area contributed by atoms with Gasteiger partial charge in [0, 0.05) is 17.3 Å². The van der Waals surface area contributed by atoms with Crippen LogP contribution in [0.3, 0.4) is 0 Å². The maximum atomic E-state index is 12.5. The fraction of sp³-hybridized carbons (Fsp3) is 0.125. The van der Waals surface area contributed by atoms with E-state index >= 15 is 0 Å². The lowest BCUT2D eigenvalue weighted by molar-refractivity contribution is 0.353. The molecule has 0 aliphatic carbocycles. The molecule has 0 aromatic heterocycles. The zero-order valence-electron chi connectivity index (χ0n) is 11.9. The molecule has 0 saturated carbocycles. The molecule has 0 radical (unpaired) electrons. The van der Waals surface area contributed by atoms with Gasteiger partial charge in [0.1, 0.15) is 18.1 Å². The SMILES string of the molecule is COc1cccc(OCC2=Cc3c(N)cccc3S2(=O)=O)c1. The Kier molecular flexibility index (Phi) is 3.54. The van der Waals surface area contributed by atoms with Crippen molar-refractivity contribution in [3.8, 4) is 11.5 Å². The number of hydrogen-bond acceptors (Lipinski definition) is 5. The molecule has 0 atom stereocenters. The molecular formula is C16H15NO4S. The molecule has 0 unspecified atom stereocenters. The van der Waals surface area contributed by atoms with Crippen molar-refractivity contribution in [2.75, 3.05) is 19.5 Å². The predicted octanol–water partition coefficient (Wildman–Crippen LogP) is 2.48. The molecular weight excluding hydrogens is 302 g/mol. The molecule has 6 heteroatoms. The van der Waals surface area contributed by atoms with Gasteiger partial charge in [-0.25, -0.2) is 8.42 Å². The van der Waals surface area contributed by atoms with Gasteiger partial charge in [-0.05, 0) is 30.3 Å². The largest absolute Gasteiger partial charge is 0.497 e. The van der Waals surface area contributed by atoms with E-state index in [1.807, 2.05) is 0 Å². The number of fused-ring (bicyclic) bond motifs is 1. The fourth-order valence-corrected chi connectivity index (χ4v) is 3.79. The summed E-state index contributed by atoms with van der Waals surface area (Å²) in [6, 6.07) is 11.9. The minimum absolute atomic E-state index is 0.0520. The second-order valence-corrected chi connectivity index (χ2v) is 6.81. The normalized spacial score (nSPS) is 15.0. The van der Waals surface area contributed by atoms with Crippen molar-refractivity contribution in [3.63, 3.8) is 0 Å². The molecule has 0 bridgehead atoms. The standard InChI is InChI=1S/C16H15NO4S/c1-20-11-4-2-5-12(8-11)21-10-13-9-14-15(17)6-3-7-16(14)22(13,18)19/h2-9H,10,17H2,1H3. The zero-order chi connectivity index (χ0) is 15.7. The quantitative estimate of drug-likeness (QED) is 0.877. The molecule has 2 aromatic carbocycles. The van der Waals surface area contributed by atoms with Gasteiger partial charge in [0.15, 0.2) is 0 Å². The zero-order valence-corrected chi connectivity index (χ0v) is 12.8. The molecule has 5 nitrogen and oxygen atoms in total. The van der Waals surface area contributed by atoms with Crippen molar-refractivity contribution >= 4 is 21.6 Å². The number of rotatable bonds is 4. The van der Waals surface area contributed by atoms with Gasteiger partial charge in [-0.3, -0.25) is 0 Å². The lowest BCUT2D eigenvalue weighted by atomic mass is 10.2. The van der Waals surface area contributed by atoms with E-state index in [1.165, 1.54) is 0 Å². The van der Waals surface area contributed by atoms with Gasteiger partial charge in [-0.15, -0.1) is 0 Å². The summed E-state index contributed by atoms with van der Waals surface area (Å²) in [6.07, 6.45) is 1.57. The summed E-state index contributed by atoms with van der Waals surface area (Å²) < 4.78 is 35.6. The highest BCUT2D eigenvalue weighted by atomic mass is 32.2. The number of anilines is 1. The highest BCUT2D eigenvalue weighted by Gasteiger charge is 2.30. The third kappa shape index (κ3) is 2.42. The number of sulfone groups is 1. The first-order valence-corrected chi connectivity index (χ1v) is 8.11. The van der Waals surface area contributed by atoms with E-state index in [0.717, 1.165) is 0 Å². The van der Waals surface area contributed by atoms with E-state index in [1.54, 1.807) is 55.7 Å². The van der Waals surface area contributed by atoms with E-state index < -0.39 is 9.84 Å². The molecule has 1 heterocycles. The van der Waals surface area contributed by atoms with Crippen LogP contribution < -0.4 is 15.2 Å². The van der Waals surface area contributed by atoms with Crippen molar-refractivity contribution in [1.29, 1.82) is 0 Å². The molecule has 3 rings (SSSR count). The van der Waals surface area contributed by atoms with E-state index in [-0.39, 0.29) is 16.4 Å². The van der Waals surface area contributed by atoms with Gasteiger partial charge in [-0.2, -0.15) is 0 Å². The van der Waals surface area contributed by atoms with E-state index in [2.05, 4.69) is 0 Å². The summed E-state index contributed by atoms with van der Waals surface area (Å²) in [5.74, 6) is 1.19. The van der Waals surface area contributed by atoms with Crippen LogP contribution in [0.4, 0.5) is 5.69 Å². The van der Waals surface area contributed by atoms with E-state index in [9.17, 15) is 8.42 Å². The average Bonchev–Trinajstić information content (AvgIpc) is 2.78. The average molecular weight is 317 g/mol. The summed E-state index contributed by atoms with van der Waals surface area (Å²) in [5, 5.41) is 0. The van der Waals surface area contributed by atoms with Crippen LogP contribution in [0.5, 0.6) is 11.5 Å². The Morgan fingerprint density at radius 3 is 2.55 bits per heavy atom. The van der Waals surface area contributed by atoms with Crippen LogP contribution in [0.15, 0.2) is 52.3 Å². The molecule has 0 amide bonds. The molecule has 2 N–H and O–H groups in total. The minimum atomic E-state index is -3.53. The monoisotopic (exact) mass is 317 g/mol. The first-order valence-electron chi connectivity index (χ1n) is 6.63. The van der Waals surface area contributed by atoms with Crippen LogP contribution in [0.2, 0.25) is 0 Å². The van der Waals surface area contributed by atoms with Crippen molar-refractivity contribution in [3.05, 3.63) is 52.9 Å². The first-order chi connectivity index (χ1) is 10.5. The van der Waals surface area contributed by atoms with Crippen molar-refractivity contribution < 1.29 is 17.9 Å². The Bertz CT molecular complexity index is 856. The number of methoxy groups -OCH3 is 1. The number of nitrogens with two attached hydrogens (primary N) is 1. The highest BCUT2D eigenvalue weighted by Crippen LogP contribution is 2.36. The summed E-state index contributed by atoms with van der Waals surface area (Å²) in [4.78, 5) is 0.431. The maximum Gasteiger partial charge on any atom is 0.206 e. The molecule has 1 aliphatic heterocycles. The van der Waals surface area contributed by atoms with E-state index in [0.29, 0.717) is 22.7 Å². The van der Waals surface area contributed by atoms with E-state index in [4.69, 9.17) is 15.2 Å². The molecule has 22 heavy (non-hydrogen) atoms. The van der Waals surface area contributed by atoms with Crippen molar-refractivity contribution in [2.24, 2.45) is 0 Å². The van der Waals surface area contributed by atoms with Gasteiger partial charge in [0.25, 0.3) is 0 Å². The Hall–Kier alpha value is -2.47. The Morgan fingerprint density at radius 2 is 1.82 bits per heavy atom. The summed E-state index contributed by atoms with van der Waals surface area (Å²) in [5.41, 5.74) is 6.81. The number of hydrogen-bond donors (Lipinski definition) is 1. The van der Waals surface area contributed by atoms with Gasteiger partial charge >= 0.3 is 0 Å². The van der Waals surface area contributed by atoms with Gasteiger partial charge in [0.2, 0.25) is 9.84 Å². The molecule has 1 aliphatic rings. The summed E-state index contributed by atoms with van der Waals surface area (Å²) >= 11 is 0. The predicted molar refractivity (Wildman–Crippen MR) is 84.5 cm³/mol. The Balaban J connectivity index is 1.85. The number of ether oxygens (including phenoxy) is 2. The smallest absolute Gasteiger partial charge is 0.206 e. The first kappa shape index (κ1) is 14.5. The molecule has 114 valence electrons. The second kappa shape index (κ2) is 5.38. The van der Waals surface area contributed by atoms with Crippen molar-refractivity contribution in [1.82, 2.24) is 0 Å². The van der Waals surface area contributed by atoms with Gasteiger partial charge in [-0.1, -0.05) is 12.1 Å². The van der Waals surface area contributed by atoms with Crippen LogP contribution in [-0.4, -0.2) is 22.1 Å². The topological polar surface area (TPSA) is 78.6 Å². The Labute approximate surface area is 128 Å². The second-order valence-electron chi connectivity index (χ2n) is 4.84. The van der Waals surface area contributed by atoms with Crippen LogP contribution in [0.25, 0.3) is 6.08 Å². The molecule has 0 saturated heterocycles. The van der Waals surface area contributed by atoms with Crippen LogP contribution in [0.1, 0.15) is 5.56 Å². The molecule has 2 aromatic rings. The molecule has 0 fully saturated rings. The maximum absolute atomic E-state index is 12.5. The van der Waals surface area contributed by atoms with Crippen LogP contribution in [-0.2, 0) is 9.84 Å². The third-order valence-corrected chi connectivity index (χ3v) is 5.32. The van der Waals surface area contributed by atoms with Gasteiger partial charge < -0.3 is 15.2 Å². The number of nitrogen functional groups attached to an aromatic ring is 1. The van der Waals surface area contributed by atoms with Crippen LogP contribution in [0, 0.1) is 0 Å². The highest BCUT2D eigenvalue weighted by molar-refractivity contribution is 7.95. The lowest BCUT2D eigenvalue weighted by Crippen LogP contribution is -2.09. The minimum Gasteiger partial charge on any atom is -0.497 e. The van der Waals surface area contributed by atoms with Crippen molar-refractivity contribution in [2.45, 2.75) is 4.90 Å². The Morgan fingerprint density at radius 1 is 1.09 bits per heavy atom. The molecule has 0 spiro atoms. The lowest BCUT2D eigenvalue weighted by Gasteiger charge is -2.08. The summed E-state index contributed by atoms with van der Waals surface area (Å²) in [6.45, 7) is -0.0520. The van der Waals surface area contributed by atoms with Gasteiger partial charge in [0.05, 0.1) is 16.9 Å². The van der Waals surface area contributed by atoms with Crippen LogP contribution >= 0.6 is 0 Å². The number of benzene rings is 2. The summed E-state index contributed by atoms with van der Waals surface area (Å²) in [7, 11) is -1.97.